The molecule has 6 heteroatoms. The maximum absolute atomic E-state index is 13.1. The summed E-state index contributed by atoms with van der Waals surface area (Å²) >= 11 is 1.40. The first-order valence-corrected chi connectivity index (χ1v) is 11.0. The molecule has 0 radical (unpaired) electrons. The molecule has 1 fully saturated rings. The average Bonchev–Trinajstić information content (AvgIpc) is 2.99. The molecule has 0 spiro atoms. The van der Waals surface area contributed by atoms with Gasteiger partial charge in [0.15, 0.2) is 0 Å². The lowest BCUT2D eigenvalue weighted by molar-refractivity contribution is 0.405. The standard InChI is InChI=1S/C19H25NO3S2/c1-3-18-11-12-19(24-18)25(21,22)20-13-5-4-6-16(14-20)15-7-9-17(23-2)10-8-15/h7-12,16H,3-6,13-14H2,1-2H3. The first kappa shape index (κ1) is 18.4. The Labute approximate surface area is 154 Å². The van der Waals surface area contributed by atoms with E-state index in [0.717, 1.165) is 36.3 Å². The summed E-state index contributed by atoms with van der Waals surface area (Å²) in [7, 11) is -1.75. The minimum atomic E-state index is -3.40. The van der Waals surface area contributed by atoms with Gasteiger partial charge in [-0.2, -0.15) is 4.31 Å². The maximum atomic E-state index is 13.1. The van der Waals surface area contributed by atoms with Crippen LogP contribution in [0.25, 0.3) is 0 Å². The minimum Gasteiger partial charge on any atom is -0.497 e. The van der Waals surface area contributed by atoms with Gasteiger partial charge in [0, 0.05) is 18.0 Å². The Morgan fingerprint density at radius 2 is 1.92 bits per heavy atom. The first-order valence-electron chi connectivity index (χ1n) is 8.77. The summed E-state index contributed by atoms with van der Waals surface area (Å²) in [6, 6.07) is 11.7. The van der Waals surface area contributed by atoms with Crippen molar-refractivity contribution in [2.45, 2.75) is 42.7 Å². The Morgan fingerprint density at radius 3 is 2.56 bits per heavy atom. The fraction of sp³-hybridized carbons (Fsp3) is 0.474. The van der Waals surface area contributed by atoms with Gasteiger partial charge in [-0.3, -0.25) is 0 Å². The number of benzene rings is 1. The van der Waals surface area contributed by atoms with Gasteiger partial charge < -0.3 is 4.74 Å². The van der Waals surface area contributed by atoms with Gasteiger partial charge in [0.05, 0.1) is 7.11 Å². The molecule has 1 atom stereocenters. The van der Waals surface area contributed by atoms with Crippen LogP contribution in [0, 0.1) is 0 Å². The van der Waals surface area contributed by atoms with Crippen molar-refractivity contribution < 1.29 is 13.2 Å². The van der Waals surface area contributed by atoms with Crippen LogP contribution in [-0.2, 0) is 16.4 Å². The normalized spacial score (nSPS) is 19.5. The highest BCUT2D eigenvalue weighted by Gasteiger charge is 2.30. The molecule has 1 aliphatic rings. The molecule has 136 valence electrons. The number of aryl methyl sites for hydroxylation is 1. The molecule has 1 unspecified atom stereocenters. The van der Waals surface area contributed by atoms with Gasteiger partial charge in [0.25, 0.3) is 10.0 Å². The highest BCUT2D eigenvalue weighted by atomic mass is 32.2. The predicted octanol–water partition coefficient (Wildman–Crippen LogP) is 4.28. The van der Waals surface area contributed by atoms with Gasteiger partial charge in [0.1, 0.15) is 9.96 Å². The van der Waals surface area contributed by atoms with Crippen molar-refractivity contribution >= 4 is 21.4 Å². The molecule has 0 saturated carbocycles. The molecule has 0 N–H and O–H groups in total. The molecule has 0 bridgehead atoms. The van der Waals surface area contributed by atoms with Gasteiger partial charge in [-0.15, -0.1) is 11.3 Å². The molecule has 4 nitrogen and oxygen atoms in total. The lowest BCUT2D eigenvalue weighted by Crippen LogP contribution is -2.33. The summed E-state index contributed by atoms with van der Waals surface area (Å²) in [5.74, 6) is 1.06. The van der Waals surface area contributed by atoms with E-state index in [-0.39, 0.29) is 5.92 Å². The van der Waals surface area contributed by atoms with Crippen molar-refractivity contribution in [1.82, 2.24) is 4.31 Å². The van der Waals surface area contributed by atoms with Crippen molar-refractivity contribution in [2.75, 3.05) is 20.2 Å². The number of rotatable bonds is 5. The molecule has 3 rings (SSSR count). The third kappa shape index (κ3) is 4.07. The smallest absolute Gasteiger partial charge is 0.252 e. The van der Waals surface area contributed by atoms with E-state index in [1.807, 2.05) is 25.1 Å². The van der Waals surface area contributed by atoms with E-state index >= 15 is 0 Å². The van der Waals surface area contributed by atoms with Crippen molar-refractivity contribution in [3.05, 3.63) is 46.8 Å². The van der Waals surface area contributed by atoms with Crippen molar-refractivity contribution in [3.63, 3.8) is 0 Å². The molecular formula is C19H25NO3S2. The monoisotopic (exact) mass is 379 g/mol. The quantitative estimate of drug-likeness (QED) is 0.779. The van der Waals surface area contributed by atoms with Crippen molar-refractivity contribution in [3.8, 4) is 5.75 Å². The van der Waals surface area contributed by atoms with Gasteiger partial charge in [-0.1, -0.05) is 25.5 Å². The van der Waals surface area contributed by atoms with Gasteiger partial charge in [0.2, 0.25) is 0 Å². The summed E-state index contributed by atoms with van der Waals surface area (Å²) in [6.07, 6.45) is 3.85. The molecular weight excluding hydrogens is 354 g/mol. The molecule has 1 aromatic carbocycles. The zero-order valence-corrected chi connectivity index (χ0v) is 16.4. The van der Waals surface area contributed by atoms with Crippen LogP contribution in [0.1, 0.15) is 42.5 Å². The van der Waals surface area contributed by atoms with E-state index in [4.69, 9.17) is 4.74 Å². The summed E-state index contributed by atoms with van der Waals surface area (Å²) in [5.41, 5.74) is 1.18. The molecule has 0 amide bonds. The van der Waals surface area contributed by atoms with Crippen LogP contribution in [0.15, 0.2) is 40.6 Å². The summed E-state index contributed by atoms with van der Waals surface area (Å²) in [6.45, 7) is 3.20. The van der Waals surface area contributed by atoms with E-state index in [1.54, 1.807) is 17.5 Å². The summed E-state index contributed by atoms with van der Waals surface area (Å²) in [4.78, 5) is 1.11. The molecule has 2 aromatic rings. The summed E-state index contributed by atoms with van der Waals surface area (Å²) in [5, 5.41) is 0. The second kappa shape index (κ2) is 7.89. The fourth-order valence-electron chi connectivity index (χ4n) is 3.29. The van der Waals surface area contributed by atoms with Crippen LogP contribution in [0.5, 0.6) is 5.75 Å². The van der Waals surface area contributed by atoms with Crippen LogP contribution < -0.4 is 4.74 Å². The van der Waals surface area contributed by atoms with Gasteiger partial charge in [-0.05, 0) is 55.0 Å². The SMILES string of the molecule is CCc1ccc(S(=O)(=O)N2CCCCC(c3ccc(OC)cc3)C2)s1. The second-order valence-corrected chi connectivity index (χ2v) is 9.74. The topological polar surface area (TPSA) is 46.6 Å². The predicted molar refractivity (Wildman–Crippen MR) is 102 cm³/mol. The van der Waals surface area contributed by atoms with Gasteiger partial charge in [-0.25, -0.2) is 8.42 Å². The Kier molecular flexibility index (Phi) is 5.81. The Bertz CT molecular complexity index is 796. The Balaban J connectivity index is 1.83. The largest absolute Gasteiger partial charge is 0.497 e. The van der Waals surface area contributed by atoms with E-state index < -0.39 is 10.0 Å². The van der Waals surface area contributed by atoms with Crippen LogP contribution in [0.3, 0.4) is 0 Å². The molecule has 2 heterocycles. The third-order valence-electron chi connectivity index (χ3n) is 4.80. The number of thiophene rings is 1. The zero-order chi connectivity index (χ0) is 17.9. The lowest BCUT2D eigenvalue weighted by Gasteiger charge is -2.23. The van der Waals surface area contributed by atoms with Crippen molar-refractivity contribution in [1.29, 1.82) is 0 Å². The minimum absolute atomic E-state index is 0.230. The summed E-state index contributed by atoms with van der Waals surface area (Å²) < 4.78 is 33.5. The van der Waals surface area contributed by atoms with Crippen LogP contribution in [-0.4, -0.2) is 32.9 Å². The number of hydrogen-bond donors (Lipinski definition) is 0. The van der Waals surface area contributed by atoms with E-state index in [1.165, 1.54) is 16.9 Å². The fourth-order valence-corrected chi connectivity index (χ4v) is 6.26. The van der Waals surface area contributed by atoms with Crippen LogP contribution in [0.2, 0.25) is 0 Å². The van der Waals surface area contributed by atoms with Crippen LogP contribution in [0.4, 0.5) is 0 Å². The first-order chi connectivity index (χ1) is 12.0. The average molecular weight is 380 g/mol. The van der Waals surface area contributed by atoms with Crippen molar-refractivity contribution in [2.24, 2.45) is 0 Å². The maximum Gasteiger partial charge on any atom is 0.252 e. The number of nitrogens with zero attached hydrogens (tertiary/aromatic N) is 1. The molecule has 25 heavy (non-hydrogen) atoms. The highest BCUT2D eigenvalue weighted by molar-refractivity contribution is 7.91. The lowest BCUT2D eigenvalue weighted by atomic mass is 9.94. The molecule has 1 saturated heterocycles. The van der Waals surface area contributed by atoms with E-state index in [2.05, 4.69) is 12.1 Å². The number of methoxy groups -OCH3 is 1. The number of ether oxygens (including phenoxy) is 1. The molecule has 1 aromatic heterocycles. The highest BCUT2D eigenvalue weighted by Crippen LogP contribution is 2.32. The molecule has 1 aliphatic heterocycles. The van der Waals surface area contributed by atoms with Crippen LogP contribution >= 0.6 is 11.3 Å². The second-order valence-electron chi connectivity index (χ2n) is 6.40. The third-order valence-corrected chi connectivity index (χ3v) is 8.36. The van der Waals surface area contributed by atoms with Gasteiger partial charge >= 0.3 is 0 Å². The number of sulfonamides is 1. The zero-order valence-electron chi connectivity index (χ0n) is 14.8. The van der Waals surface area contributed by atoms with E-state index in [0.29, 0.717) is 17.3 Å². The Morgan fingerprint density at radius 1 is 1.16 bits per heavy atom. The number of hydrogen-bond acceptors (Lipinski definition) is 4. The Hall–Kier alpha value is -1.37. The van der Waals surface area contributed by atoms with E-state index in [9.17, 15) is 8.42 Å². The molecule has 0 aliphatic carbocycles.